The largest absolute Gasteiger partial charge is 0.497 e. The van der Waals surface area contributed by atoms with E-state index in [-0.39, 0.29) is 5.60 Å². The van der Waals surface area contributed by atoms with Crippen molar-refractivity contribution >= 4 is 11.1 Å². The van der Waals surface area contributed by atoms with Crippen LogP contribution in [0.25, 0.3) is 11.1 Å². The average molecular weight is 470 g/mol. The summed E-state index contributed by atoms with van der Waals surface area (Å²) in [6.07, 6.45) is 3.43. The third kappa shape index (κ3) is 5.38. The van der Waals surface area contributed by atoms with Crippen LogP contribution in [0.5, 0.6) is 17.2 Å². The van der Waals surface area contributed by atoms with Gasteiger partial charge in [-0.1, -0.05) is 42.5 Å². The molecule has 3 aromatic rings. The zero-order valence-electron chi connectivity index (χ0n) is 21.0. The zero-order valence-corrected chi connectivity index (χ0v) is 21.0. The maximum absolute atomic E-state index is 6.38. The molecular weight excluding hydrogens is 434 g/mol. The topological polar surface area (TPSA) is 30.9 Å². The van der Waals surface area contributed by atoms with E-state index in [2.05, 4.69) is 79.4 Å². The van der Waals surface area contributed by atoms with Crippen LogP contribution in [0.2, 0.25) is 0 Å². The van der Waals surface area contributed by atoms with Gasteiger partial charge in [-0.2, -0.15) is 0 Å². The smallest absolute Gasteiger partial charge is 0.131 e. The van der Waals surface area contributed by atoms with Crippen molar-refractivity contribution in [1.82, 2.24) is 4.90 Å². The Bertz CT molecular complexity index is 1180. The Morgan fingerprint density at radius 3 is 2.29 bits per heavy atom. The Morgan fingerprint density at radius 2 is 1.57 bits per heavy atom. The molecule has 4 heteroatoms. The minimum atomic E-state index is -0.326. The highest BCUT2D eigenvalue weighted by Gasteiger charge is 2.32. The quantitative estimate of drug-likeness (QED) is 0.386. The highest BCUT2D eigenvalue weighted by atomic mass is 16.5. The van der Waals surface area contributed by atoms with Gasteiger partial charge in [-0.3, -0.25) is 4.90 Å². The summed E-state index contributed by atoms with van der Waals surface area (Å²) in [5.41, 5.74) is 5.69. The minimum absolute atomic E-state index is 0.326. The molecule has 0 aromatic heterocycles. The highest BCUT2D eigenvalue weighted by Crippen LogP contribution is 2.46. The van der Waals surface area contributed by atoms with Gasteiger partial charge in [-0.15, -0.1) is 0 Å². The molecule has 2 aliphatic rings. The van der Waals surface area contributed by atoms with Gasteiger partial charge >= 0.3 is 0 Å². The summed E-state index contributed by atoms with van der Waals surface area (Å²) >= 11 is 0. The van der Waals surface area contributed by atoms with Gasteiger partial charge in [-0.25, -0.2) is 0 Å². The second-order valence-corrected chi connectivity index (χ2v) is 10.0. The van der Waals surface area contributed by atoms with E-state index in [0.29, 0.717) is 0 Å². The lowest BCUT2D eigenvalue weighted by Crippen LogP contribution is -2.32. The van der Waals surface area contributed by atoms with Crippen LogP contribution in [0.3, 0.4) is 0 Å². The highest BCUT2D eigenvalue weighted by molar-refractivity contribution is 6.00. The molecule has 0 unspecified atom stereocenters. The lowest BCUT2D eigenvalue weighted by molar-refractivity contribution is 0.107. The lowest BCUT2D eigenvalue weighted by atomic mass is 9.82. The second kappa shape index (κ2) is 10.2. The fourth-order valence-electron chi connectivity index (χ4n) is 5.18. The van der Waals surface area contributed by atoms with Gasteiger partial charge in [0.15, 0.2) is 0 Å². The predicted octanol–water partition coefficient (Wildman–Crippen LogP) is 6.69. The monoisotopic (exact) mass is 469 g/mol. The van der Waals surface area contributed by atoms with Crippen molar-refractivity contribution in [2.45, 2.75) is 38.7 Å². The molecule has 182 valence electrons. The van der Waals surface area contributed by atoms with Crippen LogP contribution in [-0.4, -0.2) is 43.9 Å². The third-order valence-corrected chi connectivity index (χ3v) is 6.88. The van der Waals surface area contributed by atoms with Gasteiger partial charge in [0.2, 0.25) is 0 Å². The van der Waals surface area contributed by atoms with Crippen molar-refractivity contribution in [3.8, 4) is 17.2 Å². The molecule has 5 rings (SSSR count). The van der Waals surface area contributed by atoms with Crippen LogP contribution in [0.1, 0.15) is 49.8 Å². The third-order valence-electron chi connectivity index (χ3n) is 6.88. The summed E-state index contributed by atoms with van der Waals surface area (Å²) in [4.78, 5) is 2.48. The van der Waals surface area contributed by atoms with E-state index < -0.39 is 0 Å². The summed E-state index contributed by atoms with van der Waals surface area (Å²) in [5.74, 6) is 2.59. The van der Waals surface area contributed by atoms with Crippen LogP contribution < -0.4 is 14.2 Å². The van der Waals surface area contributed by atoms with Gasteiger partial charge in [0, 0.05) is 24.6 Å². The number of hydrogen-bond donors (Lipinski definition) is 0. The van der Waals surface area contributed by atoms with Crippen molar-refractivity contribution < 1.29 is 14.2 Å². The van der Waals surface area contributed by atoms with Crippen molar-refractivity contribution in [3.05, 3.63) is 89.5 Å². The van der Waals surface area contributed by atoms with Gasteiger partial charge < -0.3 is 14.2 Å². The van der Waals surface area contributed by atoms with Crippen molar-refractivity contribution in [2.24, 2.45) is 0 Å². The molecule has 0 saturated carbocycles. The summed E-state index contributed by atoms with van der Waals surface area (Å²) in [5, 5.41) is 0. The number of hydrogen-bond acceptors (Lipinski definition) is 4. The number of ether oxygens (including phenoxy) is 3. The molecule has 0 N–H and O–H groups in total. The molecule has 0 spiro atoms. The average Bonchev–Trinajstić information content (AvgIpc) is 3.38. The van der Waals surface area contributed by atoms with E-state index in [4.69, 9.17) is 14.2 Å². The maximum Gasteiger partial charge on any atom is 0.131 e. The van der Waals surface area contributed by atoms with Crippen LogP contribution in [-0.2, 0) is 0 Å². The van der Waals surface area contributed by atoms with Gasteiger partial charge in [0.05, 0.1) is 7.11 Å². The molecule has 0 radical (unpaired) electrons. The SMILES string of the molecule is COc1ccc2c(c1)OC(C)(C)C/C2=C(\c1ccccc1)c1ccc(OCCN2CCCC2)cc1. The number of fused-ring (bicyclic) bond motifs is 1. The molecule has 4 nitrogen and oxygen atoms in total. The molecular formula is C31H35NO3. The molecule has 3 aromatic carbocycles. The Kier molecular flexibility index (Phi) is 6.83. The lowest BCUT2D eigenvalue weighted by Gasteiger charge is -2.36. The molecule has 35 heavy (non-hydrogen) atoms. The number of methoxy groups -OCH3 is 1. The molecule has 0 amide bonds. The number of nitrogens with zero attached hydrogens (tertiary/aromatic N) is 1. The van der Waals surface area contributed by atoms with E-state index >= 15 is 0 Å². The summed E-state index contributed by atoms with van der Waals surface area (Å²) in [7, 11) is 1.69. The number of rotatable bonds is 7. The van der Waals surface area contributed by atoms with Crippen LogP contribution in [0.15, 0.2) is 72.8 Å². The summed E-state index contributed by atoms with van der Waals surface area (Å²) in [6, 6.07) is 25.4. The molecule has 1 saturated heterocycles. The first kappa shape index (κ1) is 23.5. The fraction of sp³-hybridized carbons (Fsp3) is 0.355. The molecule has 0 aliphatic carbocycles. The van der Waals surface area contributed by atoms with E-state index in [9.17, 15) is 0 Å². The molecule has 0 bridgehead atoms. The Balaban J connectivity index is 1.51. The van der Waals surface area contributed by atoms with Gasteiger partial charge in [0.25, 0.3) is 0 Å². The molecule has 0 atom stereocenters. The standard InChI is InChI=1S/C31H35NO3/c1-31(2)22-28(27-16-15-26(33-3)21-29(27)35-31)30(23-9-5-4-6-10-23)24-11-13-25(14-12-24)34-20-19-32-17-7-8-18-32/h4-6,9-16,21H,7-8,17-20,22H2,1-3H3/b30-28-. The summed E-state index contributed by atoms with van der Waals surface area (Å²) in [6.45, 7) is 8.42. The molecule has 2 aliphatic heterocycles. The number of benzene rings is 3. The first-order valence-electron chi connectivity index (χ1n) is 12.6. The van der Waals surface area contributed by atoms with E-state index in [1.807, 2.05) is 12.1 Å². The Morgan fingerprint density at radius 1 is 0.886 bits per heavy atom. The first-order valence-corrected chi connectivity index (χ1v) is 12.6. The van der Waals surface area contributed by atoms with E-state index in [1.165, 1.54) is 48.2 Å². The van der Waals surface area contributed by atoms with Crippen LogP contribution in [0.4, 0.5) is 0 Å². The Labute approximate surface area is 209 Å². The van der Waals surface area contributed by atoms with E-state index in [0.717, 1.165) is 42.4 Å². The summed E-state index contributed by atoms with van der Waals surface area (Å²) < 4.78 is 17.9. The number of likely N-dealkylation sites (tertiary alicyclic amines) is 1. The minimum Gasteiger partial charge on any atom is -0.497 e. The zero-order chi connectivity index (χ0) is 24.3. The van der Waals surface area contributed by atoms with Crippen LogP contribution in [0, 0.1) is 0 Å². The van der Waals surface area contributed by atoms with Gasteiger partial charge in [-0.05, 0) is 86.3 Å². The van der Waals surface area contributed by atoms with Crippen molar-refractivity contribution in [3.63, 3.8) is 0 Å². The van der Waals surface area contributed by atoms with Crippen molar-refractivity contribution in [2.75, 3.05) is 33.4 Å². The van der Waals surface area contributed by atoms with E-state index in [1.54, 1.807) is 7.11 Å². The molecule has 2 heterocycles. The maximum atomic E-state index is 6.38. The van der Waals surface area contributed by atoms with Gasteiger partial charge in [0.1, 0.15) is 29.5 Å². The predicted molar refractivity (Wildman–Crippen MR) is 142 cm³/mol. The Hall–Kier alpha value is -3.24. The second-order valence-electron chi connectivity index (χ2n) is 10.0. The fourth-order valence-corrected chi connectivity index (χ4v) is 5.18. The van der Waals surface area contributed by atoms with Crippen LogP contribution >= 0.6 is 0 Å². The normalized spacial score (nSPS) is 18.5. The molecule has 1 fully saturated rings. The van der Waals surface area contributed by atoms with Crippen molar-refractivity contribution in [1.29, 1.82) is 0 Å². The first-order chi connectivity index (χ1) is 17.0.